The number of phenolic OH excluding ortho intramolecular Hbond substituents is 1. The van der Waals surface area contributed by atoms with Crippen molar-refractivity contribution in [1.29, 1.82) is 0 Å². The largest absolute Gasteiger partial charge is 0.507 e. The summed E-state index contributed by atoms with van der Waals surface area (Å²) < 4.78 is 10.5. The molecule has 0 atom stereocenters. The highest BCUT2D eigenvalue weighted by Crippen LogP contribution is 2.37. The molecule has 0 saturated heterocycles. The molecule has 0 unspecified atom stereocenters. The number of hydrogen-bond acceptors (Lipinski definition) is 5. The topological polar surface area (TPSA) is 71.0 Å². The summed E-state index contributed by atoms with van der Waals surface area (Å²) in [6, 6.07) is 3.34. The van der Waals surface area contributed by atoms with Crippen molar-refractivity contribution in [2.75, 3.05) is 13.4 Å². The molecule has 0 amide bonds. The van der Waals surface area contributed by atoms with Crippen LogP contribution in [0.1, 0.15) is 32.3 Å². The molecule has 106 valence electrons. The van der Waals surface area contributed by atoms with Gasteiger partial charge in [-0.15, -0.1) is 0 Å². The van der Waals surface area contributed by atoms with Crippen LogP contribution in [0.3, 0.4) is 0 Å². The first kappa shape index (κ1) is 14.0. The quantitative estimate of drug-likeness (QED) is 0.732. The average molecular weight is 267 g/mol. The highest BCUT2D eigenvalue weighted by atomic mass is 16.7. The second-order valence-electron chi connectivity index (χ2n) is 4.83. The molecule has 1 aliphatic heterocycles. The third-order valence-electron chi connectivity index (χ3n) is 3.88. The van der Waals surface area contributed by atoms with E-state index in [1.54, 1.807) is 12.1 Å². The lowest BCUT2D eigenvalue weighted by Gasteiger charge is -2.31. The molecule has 1 aromatic carbocycles. The smallest absolute Gasteiger partial charge is 0.231 e. The first-order chi connectivity index (χ1) is 9.14. The van der Waals surface area contributed by atoms with Crippen LogP contribution in [0.25, 0.3) is 0 Å². The van der Waals surface area contributed by atoms with Gasteiger partial charge in [0.1, 0.15) is 5.75 Å². The van der Waals surface area contributed by atoms with E-state index in [0.717, 1.165) is 18.4 Å². The monoisotopic (exact) mass is 267 g/mol. The van der Waals surface area contributed by atoms with Crippen LogP contribution in [0, 0.1) is 0 Å². The van der Waals surface area contributed by atoms with E-state index in [4.69, 9.17) is 9.47 Å². The van der Waals surface area contributed by atoms with Crippen LogP contribution in [-0.4, -0.2) is 29.2 Å². The van der Waals surface area contributed by atoms with Crippen molar-refractivity contribution >= 4 is 0 Å². The minimum Gasteiger partial charge on any atom is -0.507 e. The second kappa shape index (κ2) is 5.67. The Morgan fingerprint density at radius 2 is 1.84 bits per heavy atom. The lowest BCUT2D eigenvalue weighted by Crippen LogP contribution is -2.47. The summed E-state index contributed by atoms with van der Waals surface area (Å²) in [6.45, 7) is 4.81. The molecular formula is C14H21NO4. The first-order valence-corrected chi connectivity index (χ1v) is 6.61. The maximum atomic E-state index is 9.95. The maximum Gasteiger partial charge on any atom is 0.231 e. The number of hydrogen-bond donors (Lipinski definition) is 3. The Morgan fingerprint density at radius 1 is 1.21 bits per heavy atom. The summed E-state index contributed by atoms with van der Waals surface area (Å²) in [5, 5.41) is 22.8. The average Bonchev–Trinajstić information content (AvgIpc) is 2.88. The van der Waals surface area contributed by atoms with Crippen molar-refractivity contribution in [1.82, 2.24) is 5.32 Å². The van der Waals surface area contributed by atoms with Gasteiger partial charge in [-0.2, -0.15) is 0 Å². The predicted octanol–water partition coefficient (Wildman–Crippen LogP) is 1.76. The fraction of sp³-hybridized carbons (Fsp3) is 0.571. The van der Waals surface area contributed by atoms with E-state index in [2.05, 4.69) is 5.32 Å². The van der Waals surface area contributed by atoms with Crippen molar-refractivity contribution in [3.8, 4) is 17.2 Å². The first-order valence-electron chi connectivity index (χ1n) is 6.61. The highest BCUT2D eigenvalue weighted by molar-refractivity contribution is 5.51. The number of aromatic hydroxyl groups is 1. The Morgan fingerprint density at radius 3 is 2.42 bits per heavy atom. The van der Waals surface area contributed by atoms with Crippen LogP contribution >= 0.6 is 0 Å². The summed E-state index contributed by atoms with van der Waals surface area (Å²) in [5.41, 5.74) is 0.437. The number of ether oxygens (including phenoxy) is 2. The van der Waals surface area contributed by atoms with E-state index < -0.39 is 0 Å². The SMILES string of the molecule is CCC(CC)(CO)NCc1cc2c(cc1O)OCO2. The summed E-state index contributed by atoms with van der Waals surface area (Å²) in [6.07, 6.45) is 1.65. The van der Waals surface area contributed by atoms with Crippen molar-refractivity contribution < 1.29 is 19.7 Å². The lowest BCUT2D eigenvalue weighted by atomic mass is 9.93. The molecule has 0 aliphatic carbocycles. The number of rotatable bonds is 6. The standard InChI is InChI=1S/C14H21NO4/c1-3-14(4-2,8-16)15-7-10-5-12-13(6-11(10)17)19-9-18-12/h5-6,15-17H,3-4,7-9H2,1-2H3. The molecule has 5 heteroatoms. The van der Waals surface area contributed by atoms with E-state index in [-0.39, 0.29) is 24.7 Å². The van der Waals surface area contributed by atoms with Crippen LogP contribution in [0.4, 0.5) is 0 Å². The van der Waals surface area contributed by atoms with Gasteiger partial charge < -0.3 is 25.0 Å². The molecular weight excluding hydrogens is 246 g/mol. The minimum atomic E-state index is -0.303. The molecule has 0 radical (unpaired) electrons. The Labute approximate surface area is 113 Å². The van der Waals surface area contributed by atoms with Crippen molar-refractivity contribution in [2.24, 2.45) is 0 Å². The van der Waals surface area contributed by atoms with Crippen molar-refractivity contribution in [3.63, 3.8) is 0 Å². The van der Waals surface area contributed by atoms with Crippen LogP contribution in [-0.2, 0) is 6.54 Å². The summed E-state index contributed by atoms with van der Waals surface area (Å²) >= 11 is 0. The zero-order valence-electron chi connectivity index (χ0n) is 11.4. The second-order valence-corrected chi connectivity index (χ2v) is 4.83. The van der Waals surface area contributed by atoms with Gasteiger partial charge in [0, 0.05) is 23.7 Å². The molecule has 0 aromatic heterocycles. The van der Waals surface area contributed by atoms with E-state index in [0.29, 0.717) is 18.0 Å². The molecule has 2 rings (SSSR count). The molecule has 0 fully saturated rings. The number of aliphatic hydroxyl groups is 1. The van der Waals surface area contributed by atoms with E-state index in [1.807, 2.05) is 13.8 Å². The molecule has 1 aromatic rings. The zero-order valence-corrected chi connectivity index (χ0v) is 11.4. The van der Waals surface area contributed by atoms with Gasteiger partial charge >= 0.3 is 0 Å². The number of fused-ring (bicyclic) bond motifs is 1. The minimum absolute atomic E-state index is 0.0747. The fourth-order valence-electron chi connectivity index (χ4n) is 2.18. The third-order valence-corrected chi connectivity index (χ3v) is 3.88. The number of phenols is 1. The molecule has 3 N–H and O–H groups in total. The Kier molecular flexibility index (Phi) is 4.17. The van der Waals surface area contributed by atoms with E-state index in [9.17, 15) is 10.2 Å². The van der Waals surface area contributed by atoms with E-state index >= 15 is 0 Å². The summed E-state index contributed by atoms with van der Waals surface area (Å²) in [7, 11) is 0. The number of aliphatic hydroxyl groups excluding tert-OH is 1. The van der Waals surface area contributed by atoms with Gasteiger partial charge in [0.05, 0.1) is 6.61 Å². The van der Waals surface area contributed by atoms with Gasteiger partial charge in [0.15, 0.2) is 11.5 Å². The molecule has 0 saturated carbocycles. The lowest BCUT2D eigenvalue weighted by molar-refractivity contribution is 0.149. The van der Waals surface area contributed by atoms with Gasteiger partial charge in [-0.3, -0.25) is 0 Å². The van der Waals surface area contributed by atoms with Gasteiger partial charge in [-0.25, -0.2) is 0 Å². The van der Waals surface area contributed by atoms with Gasteiger partial charge in [-0.1, -0.05) is 13.8 Å². The molecule has 0 spiro atoms. The normalized spacial score (nSPS) is 13.8. The number of benzene rings is 1. The summed E-state index contributed by atoms with van der Waals surface area (Å²) in [5.74, 6) is 1.40. The Hall–Kier alpha value is -1.46. The predicted molar refractivity (Wildman–Crippen MR) is 71.5 cm³/mol. The Balaban J connectivity index is 2.11. The molecule has 19 heavy (non-hydrogen) atoms. The maximum absolute atomic E-state index is 9.95. The van der Waals surface area contributed by atoms with Gasteiger partial charge in [0.2, 0.25) is 6.79 Å². The van der Waals surface area contributed by atoms with E-state index in [1.165, 1.54) is 0 Å². The molecule has 1 heterocycles. The molecule has 5 nitrogen and oxygen atoms in total. The van der Waals surface area contributed by atoms with Crippen LogP contribution < -0.4 is 14.8 Å². The van der Waals surface area contributed by atoms with Crippen LogP contribution in [0.15, 0.2) is 12.1 Å². The molecule has 0 bridgehead atoms. The van der Waals surface area contributed by atoms with Gasteiger partial charge in [-0.05, 0) is 18.9 Å². The molecule has 1 aliphatic rings. The summed E-state index contributed by atoms with van der Waals surface area (Å²) in [4.78, 5) is 0. The zero-order chi connectivity index (χ0) is 13.9. The van der Waals surface area contributed by atoms with Crippen molar-refractivity contribution in [2.45, 2.75) is 38.8 Å². The third kappa shape index (κ3) is 2.77. The van der Waals surface area contributed by atoms with Crippen molar-refractivity contribution in [3.05, 3.63) is 17.7 Å². The number of nitrogens with one attached hydrogen (secondary N) is 1. The van der Waals surface area contributed by atoms with Crippen LogP contribution in [0.2, 0.25) is 0 Å². The Bertz CT molecular complexity index is 435. The van der Waals surface area contributed by atoms with Gasteiger partial charge in [0.25, 0.3) is 0 Å². The fourth-order valence-corrected chi connectivity index (χ4v) is 2.18. The highest BCUT2D eigenvalue weighted by Gasteiger charge is 2.25. The van der Waals surface area contributed by atoms with Crippen LogP contribution in [0.5, 0.6) is 17.2 Å².